The maximum absolute atomic E-state index is 13.4. The molecule has 0 radical (unpaired) electrons. The molecule has 2 unspecified atom stereocenters. The molecule has 3 rings (SSSR count). The van der Waals surface area contributed by atoms with Crippen molar-refractivity contribution in [2.24, 2.45) is 5.92 Å². The number of hydrogen-bond acceptors (Lipinski definition) is 3. The van der Waals surface area contributed by atoms with Crippen molar-refractivity contribution in [2.75, 3.05) is 38.3 Å². The van der Waals surface area contributed by atoms with Crippen LogP contribution < -0.4 is 10.2 Å². The van der Waals surface area contributed by atoms with Crippen LogP contribution in [0.3, 0.4) is 0 Å². The molecule has 2 atom stereocenters. The fourth-order valence-corrected chi connectivity index (χ4v) is 3.25. The van der Waals surface area contributed by atoms with Crippen LogP contribution >= 0.6 is 0 Å². The molecule has 19 heavy (non-hydrogen) atoms. The normalized spacial score (nSPS) is 26.5. The van der Waals surface area contributed by atoms with Crippen LogP contribution in [0.1, 0.15) is 12.0 Å². The van der Waals surface area contributed by atoms with E-state index in [4.69, 9.17) is 4.74 Å². The number of halogens is 1. The number of ether oxygens (including phenoxy) is 1. The van der Waals surface area contributed by atoms with E-state index in [1.807, 2.05) is 13.1 Å². The smallest absolute Gasteiger partial charge is 0.125 e. The second-order valence-corrected chi connectivity index (χ2v) is 5.49. The Labute approximate surface area is 113 Å². The van der Waals surface area contributed by atoms with E-state index in [1.165, 1.54) is 5.56 Å². The Morgan fingerprint density at radius 3 is 3.21 bits per heavy atom. The lowest BCUT2D eigenvalue weighted by atomic mass is 9.95. The molecule has 0 aliphatic carbocycles. The van der Waals surface area contributed by atoms with Gasteiger partial charge >= 0.3 is 0 Å². The van der Waals surface area contributed by atoms with Gasteiger partial charge in [-0.2, -0.15) is 0 Å². The summed E-state index contributed by atoms with van der Waals surface area (Å²) in [6.45, 7) is 3.58. The Hall–Kier alpha value is -1.13. The van der Waals surface area contributed by atoms with E-state index in [0.717, 1.165) is 44.8 Å². The standard InChI is InChI=1S/C15H21FN2O/c1-17-14-5-7-19-10-12(14)9-18-6-4-11-2-3-13(16)8-15(11)18/h2-3,8,12,14,17H,4-7,9-10H2,1H3. The van der Waals surface area contributed by atoms with Crippen LogP contribution in [-0.4, -0.2) is 39.4 Å². The molecule has 2 heterocycles. The molecule has 1 saturated heterocycles. The molecule has 2 aliphatic rings. The van der Waals surface area contributed by atoms with Gasteiger partial charge in [-0.1, -0.05) is 6.07 Å². The second kappa shape index (κ2) is 5.47. The summed E-state index contributed by atoms with van der Waals surface area (Å²) < 4.78 is 19.0. The Bertz CT molecular complexity index is 452. The minimum Gasteiger partial charge on any atom is -0.381 e. The van der Waals surface area contributed by atoms with Crippen LogP contribution in [0, 0.1) is 11.7 Å². The van der Waals surface area contributed by atoms with Crippen molar-refractivity contribution in [3.8, 4) is 0 Å². The number of nitrogens with one attached hydrogen (secondary N) is 1. The van der Waals surface area contributed by atoms with E-state index in [-0.39, 0.29) is 5.82 Å². The molecule has 1 N–H and O–H groups in total. The third-order valence-corrected chi connectivity index (χ3v) is 4.34. The number of benzene rings is 1. The summed E-state index contributed by atoms with van der Waals surface area (Å²) in [4.78, 5) is 2.31. The minimum atomic E-state index is -0.143. The lowest BCUT2D eigenvalue weighted by molar-refractivity contribution is 0.0368. The van der Waals surface area contributed by atoms with Crippen molar-refractivity contribution >= 4 is 5.69 Å². The fraction of sp³-hybridized carbons (Fsp3) is 0.600. The molecule has 4 heteroatoms. The van der Waals surface area contributed by atoms with Crippen molar-refractivity contribution in [1.29, 1.82) is 0 Å². The minimum absolute atomic E-state index is 0.143. The lowest BCUT2D eigenvalue weighted by Crippen LogP contribution is -2.46. The van der Waals surface area contributed by atoms with Gasteiger partial charge in [0.2, 0.25) is 0 Å². The molecular formula is C15H21FN2O. The Morgan fingerprint density at radius 2 is 2.37 bits per heavy atom. The molecule has 0 amide bonds. The van der Waals surface area contributed by atoms with Gasteiger partial charge in [0.15, 0.2) is 0 Å². The van der Waals surface area contributed by atoms with Gasteiger partial charge in [-0.25, -0.2) is 4.39 Å². The second-order valence-electron chi connectivity index (χ2n) is 5.49. The van der Waals surface area contributed by atoms with Gasteiger partial charge in [0.05, 0.1) is 6.61 Å². The Kier molecular flexibility index (Phi) is 3.71. The zero-order chi connectivity index (χ0) is 13.2. The monoisotopic (exact) mass is 264 g/mol. The maximum atomic E-state index is 13.4. The van der Waals surface area contributed by atoms with E-state index >= 15 is 0 Å². The number of anilines is 1. The molecule has 1 aromatic rings. The van der Waals surface area contributed by atoms with Crippen LogP contribution in [0.5, 0.6) is 0 Å². The summed E-state index contributed by atoms with van der Waals surface area (Å²) in [6.07, 6.45) is 2.08. The third kappa shape index (κ3) is 2.60. The first-order valence-electron chi connectivity index (χ1n) is 7.06. The molecule has 3 nitrogen and oxygen atoms in total. The Balaban J connectivity index is 1.73. The van der Waals surface area contributed by atoms with E-state index < -0.39 is 0 Å². The molecule has 0 spiro atoms. The average molecular weight is 264 g/mol. The van der Waals surface area contributed by atoms with Crippen LogP contribution in [0.25, 0.3) is 0 Å². The average Bonchev–Trinajstić information content (AvgIpc) is 2.82. The summed E-state index contributed by atoms with van der Waals surface area (Å²) >= 11 is 0. The van der Waals surface area contributed by atoms with Crippen LogP contribution in [-0.2, 0) is 11.2 Å². The molecule has 0 bridgehead atoms. The molecule has 104 valence electrons. The number of rotatable bonds is 3. The number of fused-ring (bicyclic) bond motifs is 1. The van der Waals surface area contributed by atoms with E-state index in [2.05, 4.69) is 10.2 Å². The fourth-order valence-electron chi connectivity index (χ4n) is 3.25. The zero-order valence-electron chi connectivity index (χ0n) is 11.4. The van der Waals surface area contributed by atoms with E-state index in [9.17, 15) is 4.39 Å². The first-order valence-corrected chi connectivity index (χ1v) is 7.06. The summed E-state index contributed by atoms with van der Waals surface area (Å²) in [6, 6.07) is 5.65. The van der Waals surface area contributed by atoms with Crippen molar-refractivity contribution < 1.29 is 9.13 Å². The van der Waals surface area contributed by atoms with Gasteiger partial charge in [0.25, 0.3) is 0 Å². The van der Waals surface area contributed by atoms with Gasteiger partial charge in [-0.05, 0) is 37.6 Å². The summed E-state index contributed by atoms with van der Waals surface area (Å²) in [5, 5.41) is 3.38. The molecule has 0 aromatic heterocycles. The predicted molar refractivity (Wildman–Crippen MR) is 74.1 cm³/mol. The lowest BCUT2D eigenvalue weighted by Gasteiger charge is -2.34. The van der Waals surface area contributed by atoms with Crippen molar-refractivity contribution in [3.63, 3.8) is 0 Å². The van der Waals surface area contributed by atoms with Crippen molar-refractivity contribution in [2.45, 2.75) is 18.9 Å². The molecular weight excluding hydrogens is 243 g/mol. The highest BCUT2D eigenvalue weighted by molar-refractivity contribution is 5.58. The molecule has 2 aliphatic heterocycles. The highest BCUT2D eigenvalue weighted by Gasteiger charge is 2.29. The highest BCUT2D eigenvalue weighted by atomic mass is 19.1. The quantitative estimate of drug-likeness (QED) is 0.901. The summed E-state index contributed by atoms with van der Waals surface area (Å²) in [5.74, 6) is 0.337. The van der Waals surface area contributed by atoms with Gasteiger partial charge < -0.3 is 15.0 Å². The first-order chi connectivity index (χ1) is 9.28. The van der Waals surface area contributed by atoms with Gasteiger partial charge in [0.1, 0.15) is 5.82 Å². The van der Waals surface area contributed by atoms with Crippen LogP contribution in [0.4, 0.5) is 10.1 Å². The SMILES string of the molecule is CNC1CCOCC1CN1CCc2ccc(F)cc21. The molecule has 1 aromatic carbocycles. The maximum Gasteiger partial charge on any atom is 0.125 e. The third-order valence-electron chi connectivity index (χ3n) is 4.34. The van der Waals surface area contributed by atoms with E-state index in [1.54, 1.807) is 12.1 Å². The van der Waals surface area contributed by atoms with E-state index in [0.29, 0.717) is 12.0 Å². The Morgan fingerprint density at radius 1 is 1.47 bits per heavy atom. The predicted octanol–water partition coefficient (Wildman–Crippen LogP) is 1.81. The zero-order valence-corrected chi connectivity index (χ0v) is 11.4. The highest BCUT2D eigenvalue weighted by Crippen LogP contribution is 2.30. The van der Waals surface area contributed by atoms with Gasteiger partial charge in [0, 0.05) is 37.3 Å². The topological polar surface area (TPSA) is 24.5 Å². The van der Waals surface area contributed by atoms with Gasteiger partial charge in [-0.15, -0.1) is 0 Å². The summed E-state index contributed by atoms with van der Waals surface area (Å²) in [7, 11) is 2.01. The largest absolute Gasteiger partial charge is 0.381 e. The van der Waals surface area contributed by atoms with Crippen LogP contribution in [0.2, 0.25) is 0 Å². The molecule has 0 saturated carbocycles. The van der Waals surface area contributed by atoms with Gasteiger partial charge in [-0.3, -0.25) is 0 Å². The molecule has 1 fully saturated rings. The summed E-state index contributed by atoms with van der Waals surface area (Å²) in [5.41, 5.74) is 2.33. The van der Waals surface area contributed by atoms with Crippen LogP contribution in [0.15, 0.2) is 18.2 Å². The number of nitrogens with zero attached hydrogens (tertiary/aromatic N) is 1. The first kappa shape index (κ1) is 12.9. The van der Waals surface area contributed by atoms with Crippen molar-refractivity contribution in [1.82, 2.24) is 5.32 Å². The number of hydrogen-bond donors (Lipinski definition) is 1. The van der Waals surface area contributed by atoms with Crippen molar-refractivity contribution in [3.05, 3.63) is 29.6 Å².